The van der Waals surface area contributed by atoms with Gasteiger partial charge in [-0.15, -0.1) is 0 Å². The molecular formula is C14H28O2. The number of hydrogen-bond acceptors (Lipinski definition) is 2. The molecule has 0 aromatic rings. The van der Waals surface area contributed by atoms with Gasteiger partial charge in [0.05, 0.1) is 0 Å². The molecule has 0 aliphatic carbocycles. The van der Waals surface area contributed by atoms with Crippen LogP contribution in [0, 0.1) is 5.92 Å². The van der Waals surface area contributed by atoms with Crippen LogP contribution in [0.3, 0.4) is 0 Å². The minimum atomic E-state index is -0.161. The Hall–Kier alpha value is -0.370. The highest BCUT2D eigenvalue weighted by molar-refractivity contribution is 5.84. The Kier molecular flexibility index (Phi) is 9.60. The highest BCUT2D eigenvalue weighted by Gasteiger charge is 2.20. The van der Waals surface area contributed by atoms with Crippen molar-refractivity contribution in [1.82, 2.24) is 0 Å². The van der Waals surface area contributed by atoms with E-state index in [1.165, 1.54) is 19.3 Å². The Labute approximate surface area is 101 Å². The lowest BCUT2D eigenvalue weighted by molar-refractivity contribution is -0.134. The van der Waals surface area contributed by atoms with Crippen LogP contribution < -0.4 is 0 Å². The van der Waals surface area contributed by atoms with Gasteiger partial charge in [0.15, 0.2) is 5.78 Å². The molecule has 0 aromatic heterocycles. The largest absolute Gasteiger partial charge is 0.370 e. The maximum Gasteiger partial charge on any atom is 0.164 e. The molecule has 0 fully saturated rings. The Bertz CT molecular complexity index is 176. The van der Waals surface area contributed by atoms with E-state index in [1.807, 2.05) is 13.8 Å². The van der Waals surface area contributed by atoms with E-state index in [1.54, 1.807) is 0 Å². The summed E-state index contributed by atoms with van der Waals surface area (Å²) in [6.07, 6.45) is 6.52. The van der Waals surface area contributed by atoms with Gasteiger partial charge in [-0.1, -0.05) is 53.4 Å². The maximum atomic E-state index is 11.8. The summed E-state index contributed by atoms with van der Waals surface area (Å²) < 4.78 is 5.70. The maximum absolute atomic E-state index is 11.8. The van der Waals surface area contributed by atoms with Crippen molar-refractivity contribution in [3.63, 3.8) is 0 Å². The van der Waals surface area contributed by atoms with Gasteiger partial charge in [-0.25, -0.2) is 0 Å². The first-order valence-electron chi connectivity index (χ1n) is 6.78. The average molecular weight is 228 g/mol. The molecule has 0 aliphatic heterocycles. The Morgan fingerprint density at radius 2 is 1.75 bits per heavy atom. The van der Waals surface area contributed by atoms with Crippen LogP contribution in [0.15, 0.2) is 0 Å². The fourth-order valence-electron chi connectivity index (χ4n) is 1.70. The van der Waals surface area contributed by atoms with Crippen molar-refractivity contribution in [2.45, 2.75) is 72.3 Å². The molecule has 0 N–H and O–H groups in total. The van der Waals surface area contributed by atoms with Gasteiger partial charge in [-0.05, 0) is 12.8 Å². The summed E-state index contributed by atoms with van der Waals surface area (Å²) in [7, 11) is 0. The third-order valence-electron chi connectivity index (χ3n) is 2.75. The molecule has 0 rings (SSSR count). The SMILES string of the molecule is CCCCCCO[C@H](CCC)C(=O)C(C)C. The number of carbonyl (C=O) groups is 1. The standard InChI is InChI=1S/C14H28O2/c1-5-7-8-9-11-16-13(10-6-2)14(15)12(3)4/h12-13H,5-11H2,1-4H3/t13-/m1/s1. The fourth-order valence-corrected chi connectivity index (χ4v) is 1.70. The van der Waals surface area contributed by atoms with Gasteiger partial charge in [-0.2, -0.15) is 0 Å². The van der Waals surface area contributed by atoms with Crippen LogP contribution in [0.2, 0.25) is 0 Å². The van der Waals surface area contributed by atoms with Crippen LogP contribution in [-0.4, -0.2) is 18.5 Å². The lowest BCUT2D eigenvalue weighted by atomic mass is 10.0. The van der Waals surface area contributed by atoms with E-state index in [0.29, 0.717) is 0 Å². The number of ketones is 1. The summed E-state index contributed by atoms with van der Waals surface area (Å²) >= 11 is 0. The zero-order chi connectivity index (χ0) is 12.4. The zero-order valence-corrected chi connectivity index (χ0v) is 11.4. The van der Waals surface area contributed by atoms with Crippen molar-refractivity contribution in [1.29, 1.82) is 0 Å². The molecule has 16 heavy (non-hydrogen) atoms. The first-order valence-corrected chi connectivity index (χ1v) is 6.78. The Morgan fingerprint density at radius 3 is 2.25 bits per heavy atom. The smallest absolute Gasteiger partial charge is 0.164 e. The average Bonchev–Trinajstić information content (AvgIpc) is 2.26. The van der Waals surface area contributed by atoms with Crippen molar-refractivity contribution in [3.8, 4) is 0 Å². The summed E-state index contributed by atoms with van der Waals surface area (Å²) in [6, 6.07) is 0. The van der Waals surface area contributed by atoms with E-state index >= 15 is 0 Å². The Balaban J connectivity index is 3.80. The van der Waals surface area contributed by atoms with Crippen LogP contribution in [-0.2, 0) is 9.53 Å². The predicted octanol–water partition coefficient (Wildman–Crippen LogP) is 3.98. The topological polar surface area (TPSA) is 26.3 Å². The van der Waals surface area contributed by atoms with Crippen molar-refractivity contribution in [3.05, 3.63) is 0 Å². The molecule has 2 nitrogen and oxygen atoms in total. The van der Waals surface area contributed by atoms with Crippen molar-refractivity contribution < 1.29 is 9.53 Å². The second-order valence-electron chi connectivity index (χ2n) is 4.77. The first kappa shape index (κ1) is 15.6. The molecule has 0 amide bonds. The number of unbranched alkanes of at least 4 members (excludes halogenated alkanes) is 3. The van der Waals surface area contributed by atoms with E-state index in [4.69, 9.17) is 4.74 Å². The van der Waals surface area contributed by atoms with Gasteiger partial charge >= 0.3 is 0 Å². The number of carbonyl (C=O) groups excluding carboxylic acids is 1. The van der Waals surface area contributed by atoms with Gasteiger partial charge in [-0.3, -0.25) is 4.79 Å². The minimum Gasteiger partial charge on any atom is -0.370 e. The molecule has 0 aromatic carbocycles. The lowest BCUT2D eigenvalue weighted by Gasteiger charge is -2.18. The van der Waals surface area contributed by atoms with Crippen molar-refractivity contribution >= 4 is 5.78 Å². The van der Waals surface area contributed by atoms with Gasteiger partial charge in [0.1, 0.15) is 6.10 Å². The quantitative estimate of drug-likeness (QED) is 0.529. The predicted molar refractivity (Wildman–Crippen MR) is 68.6 cm³/mol. The molecule has 0 radical (unpaired) electrons. The highest BCUT2D eigenvalue weighted by atomic mass is 16.5. The summed E-state index contributed by atoms with van der Waals surface area (Å²) in [5.41, 5.74) is 0. The van der Waals surface area contributed by atoms with E-state index in [9.17, 15) is 4.79 Å². The normalized spacial score (nSPS) is 13.1. The van der Waals surface area contributed by atoms with Gasteiger partial charge in [0, 0.05) is 12.5 Å². The van der Waals surface area contributed by atoms with Gasteiger partial charge in [0.25, 0.3) is 0 Å². The fraction of sp³-hybridized carbons (Fsp3) is 0.929. The van der Waals surface area contributed by atoms with E-state index in [2.05, 4.69) is 13.8 Å². The zero-order valence-electron chi connectivity index (χ0n) is 11.4. The second-order valence-corrected chi connectivity index (χ2v) is 4.77. The number of rotatable bonds is 10. The van der Waals surface area contributed by atoms with E-state index in [0.717, 1.165) is 25.9 Å². The lowest BCUT2D eigenvalue weighted by Crippen LogP contribution is -2.28. The third kappa shape index (κ3) is 7.00. The van der Waals surface area contributed by atoms with E-state index < -0.39 is 0 Å². The molecule has 0 aliphatic rings. The summed E-state index contributed by atoms with van der Waals surface area (Å²) in [4.78, 5) is 11.8. The minimum absolute atomic E-state index is 0.0900. The first-order chi connectivity index (χ1) is 7.63. The van der Waals surface area contributed by atoms with Crippen LogP contribution in [0.1, 0.15) is 66.2 Å². The van der Waals surface area contributed by atoms with Gasteiger partial charge < -0.3 is 4.74 Å². The third-order valence-corrected chi connectivity index (χ3v) is 2.75. The molecule has 0 saturated carbocycles. The summed E-state index contributed by atoms with van der Waals surface area (Å²) in [5.74, 6) is 0.351. The molecule has 0 bridgehead atoms. The molecule has 2 heteroatoms. The van der Waals surface area contributed by atoms with Crippen LogP contribution in [0.5, 0.6) is 0 Å². The second kappa shape index (κ2) is 9.83. The monoisotopic (exact) mass is 228 g/mol. The van der Waals surface area contributed by atoms with Gasteiger partial charge in [0.2, 0.25) is 0 Å². The van der Waals surface area contributed by atoms with Crippen molar-refractivity contribution in [2.24, 2.45) is 5.92 Å². The highest BCUT2D eigenvalue weighted by Crippen LogP contribution is 2.11. The molecule has 0 spiro atoms. The molecule has 0 heterocycles. The summed E-state index contributed by atoms with van der Waals surface area (Å²) in [6.45, 7) is 8.93. The number of hydrogen-bond donors (Lipinski definition) is 0. The number of Topliss-reactive ketones (excluding diaryl/α,β-unsaturated/α-hetero) is 1. The van der Waals surface area contributed by atoms with Crippen LogP contribution in [0.4, 0.5) is 0 Å². The number of ether oxygens (including phenoxy) is 1. The van der Waals surface area contributed by atoms with Crippen LogP contribution >= 0.6 is 0 Å². The van der Waals surface area contributed by atoms with E-state index in [-0.39, 0.29) is 17.8 Å². The molecule has 1 atom stereocenters. The van der Waals surface area contributed by atoms with Crippen molar-refractivity contribution in [2.75, 3.05) is 6.61 Å². The Morgan fingerprint density at radius 1 is 1.06 bits per heavy atom. The van der Waals surface area contributed by atoms with Crippen LogP contribution in [0.25, 0.3) is 0 Å². The molecule has 0 saturated heterocycles. The summed E-state index contributed by atoms with van der Waals surface area (Å²) in [5, 5.41) is 0. The molecular weight excluding hydrogens is 200 g/mol. The molecule has 96 valence electrons. The molecule has 0 unspecified atom stereocenters.